The number of aliphatic carboxylic acids is 1. The van der Waals surface area contributed by atoms with Crippen molar-refractivity contribution in [1.82, 2.24) is 0 Å². The van der Waals surface area contributed by atoms with Gasteiger partial charge in [-0.15, -0.1) is 0 Å². The molecule has 3 nitrogen and oxygen atoms in total. The molecule has 13 heavy (non-hydrogen) atoms. The van der Waals surface area contributed by atoms with Crippen molar-refractivity contribution in [2.75, 3.05) is 0 Å². The maximum atomic E-state index is 12.2. The molecule has 0 spiro atoms. The van der Waals surface area contributed by atoms with Gasteiger partial charge in [-0.25, -0.2) is 4.39 Å². The fraction of sp³-hybridized carbons (Fsp3) is 0.667. The fourth-order valence-electron chi connectivity index (χ4n) is 0.933. The van der Waals surface area contributed by atoms with E-state index in [1.807, 2.05) is 0 Å². The molecule has 0 aliphatic carbocycles. The third kappa shape index (κ3) is 7.46. The lowest BCUT2D eigenvalue weighted by molar-refractivity contribution is -0.138. The first-order valence-electron chi connectivity index (χ1n) is 4.34. The van der Waals surface area contributed by atoms with Crippen molar-refractivity contribution in [2.24, 2.45) is 5.73 Å². The van der Waals surface area contributed by atoms with E-state index in [0.29, 0.717) is 12.8 Å². The third-order valence-electron chi connectivity index (χ3n) is 1.71. The molecule has 0 aromatic rings. The molecule has 0 radical (unpaired) electrons. The second kappa shape index (κ2) is 6.60. The zero-order valence-corrected chi connectivity index (χ0v) is 7.79. The molecular weight excluding hydrogens is 173 g/mol. The summed E-state index contributed by atoms with van der Waals surface area (Å²) in [6.07, 6.45) is 4.09. The van der Waals surface area contributed by atoms with E-state index in [2.05, 4.69) is 0 Å². The average Bonchev–Trinajstić information content (AvgIpc) is 2.02. The summed E-state index contributed by atoms with van der Waals surface area (Å²) in [6, 6.07) is -0.782. The van der Waals surface area contributed by atoms with Crippen LogP contribution in [0.15, 0.2) is 11.9 Å². The second-order valence-electron chi connectivity index (χ2n) is 3.02. The lowest BCUT2D eigenvalue weighted by atomic mass is 10.1. The van der Waals surface area contributed by atoms with Crippen LogP contribution < -0.4 is 5.73 Å². The molecule has 76 valence electrons. The highest BCUT2D eigenvalue weighted by Crippen LogP contribution is 2.05. The standard InChI is InChI=1S/C9H16FNO2/c1-7(10)5-3-2-4-6-8(11)9(12)13/h5,8H,2-4,6,11H2,1H3,(H,12,13)/b7-5-/t8-/m0/s1. The van der Waals surface area contributed by atoms with E-state index in [1.54, 1.807) is 0 Å². The van der Waals surface area contributed by atoms with Crippen LogP contribution in [-0.4, -0.2) is 17.1 Å². The van der Waals surface area contributed by atoms with Gasteiger partial charge in [-0.05, 0) is 26.2 Å². The minimum Gasteiger partial charge on any atom is -0.480 e. The Hall–Kier alpha value is -0.900. The summed E-state index contributed by atoms with van der Waals surface area (Å²) in [5.41, 5.74) is 5.27. The highest BCUT2D eigenvalue weighted by atomic mass is 19.1. The van der Waals surface area contributed by atoms with Crippen LogP contribution in [-0.2, 0) is 4.79 Å². The molecule has 4 heteroatoms. The summed E-state index contributed by atoms with van der Waals surface area (Å²) >= 11 is 0. The average molecular weight is 189 g/mol. The zero-order chi connectivity index (χ0) is 10.3. The fourth-order valence-corrected chi connectivity index (χ4v) is 0.933. The van der Waals surface area contributed by atoms with Crippen molar-refractivity contribution >= 4 is 5.97 Å². The first-order valence-corrected chi connectivity index (χ1v) is 4.34. The van der Waals surface area contributed by atoms with Gasteiger partial charge in [0.2, 0.25) is 0 Å². The zero-order valence-electron chi connectivity index (χ0n) is 7.79. The number of unbranched alkanes of at least 4 members (excludes halogenated alkanes) is 2. The number of carboxylic acids is 1. The molecule has 0 heterocycles. The van der Waals surface area contributed by atoms with E-state index in [9.17, 15) is 9.18 Å². The van der Waals surface area contributed by atoms with Crippen molar-refractivity contribution < 1.29 is 14.3 Å². The summed E-state index contributed by atoms with van der Waals surface area (Å²) in [4.78, 5) is 10.3. The van der Waals surface area contributed by atoms with Gasteiger partial charge in [-0.3, -0.25) is 4.79 Å². The molecule has 0 rings (SSSR count). The summed E-state index contributed by atoms with van der Waals surface area (Å²) in [6.45, 7) is 1.39. The van der Waals surface area contributed by atoms with Crippen molar-refractivity contribution in [3.05, 3.63) is 11.9 Å². The maximum Gasteiger partial charge on any atom is 0.320 e. The lowest BCUT2D eigenvalue weighted by Crippen LogP contribution is -2.29. The monoisotopic (exact) mass is 189 g/mol. The molecule has 0 bridgehead atoms. The summed E-state index contributed by atoms with van der Waals surface area (Å²) in [5.74, 6) is -1.17. The van der Waals surface area contributed by atoms with E-state index in [0.717, 1.165) is 12.8 Å². The van der Waals surface area contributed by atoms with Crippen molar-refractivity contribution in [1.29, 1.82) is 0 Å². The number of hydrogen-bond acceptors (Lipinski definition) is 2. The predicted molar refractivity (Wildman–Crippen MR) is 48.9 cm³/mol. The number of hydrogen-bond donors (Lipinski definition) is 2. The summed E-state index contributed by atoms with van der Waals surface area (Å²) in [5, 5.41) is 8.43. The van der Waals surface area contributed by atoms with Crippen molar-refractivity contribution in [2.45, 2.75) is 38.6 Å². The Balaban J connectivity index is 3.36. The van der Waals surface area contributed by atoms with Crippen molar-refractivity contribution in [3.8, 4) is 0 Å². The molecule has 0 saturated heterocycles. The van der Waals surface area contributed by atoms with Gasteiger partial charge in [0.25, 0.3) is 0 Å². The molecule has 0 saturated carbocycles. The van der Waals surface area contributed by atoms with E-state index < -0.39 is 12.0 Å². The first kappa shape index (κ1) is 12.1. The Morgan fingerprint density at radius 3 is 2.69 bits per heavy atom. The van der Waals surface area contributed by atoms with Crippen molar-refractivity contribution in [3.63, 3.8) is 0 Å². The Kier molecular flexibility index (Phi) is 6.14. The number of carboxylic acid groups (broad SMARTS) is 1. The van der Waals surface area contributed by atoms with Gasteiger partial charge in [-0.1, -0.05) is 12.5 Å². The molecule has 0 aliphatic heterocycles. The Bertz CT molecular complexity index is 188. The van der Waals surface area contributed by atoms with Gasteiger partial charge < -0.3 is 10.8 Å². The van der Waals surface area contributed by atoms with Crippen LogP contribution in [0.1, 0.15) is 32.6 Å². The van der Waals surface area contributed by atoms with Crippen LogP contribution >= 0.6 is 0 Å². The minimum absolute atomic E-state index is 0.192. The van der Waals surface area contributed by atoms with E-state index in [1.165, 1.54) is 13.0 Å². The van der Waals surface area contributed by atoms with Crippen LogP contribution in [0.3, 0.4) is 0 Å². The highest BCUT2D eigenvalue weighted by molar-refractivity contribution is 5.72. The Labute approximate surface area is 77.4 Å². The van der Waals surface area contributed by atoms with Crippen LogP contribution in [0.5, 0.6) is 0 Å². The number of allylic oxidation sites excluding steroid dienone is 2. The number of halogens is 1. The SMILES string of the molecule is C/C(F)=C/CCCC[C@H](N)C(=O)O. The molecule has 0 fully saturated rings. The van der Waals surface area contributed by atoms with E-state index >= 15 is 0 Å². The maximum absolute atomic E-state index is 12.2. The largest absolute Gasteiger partial charge is 0.480 e. The van der Waals surface area contributed by atoms with Crippen LogP contribution in [0.2, 0.25) is 0 Å². The lowest BCUT2D eigenvalue weighted by Gasteiger charge is -2.04. The molecule has 0 aromatic heterocycles. The van der Waals surface area contributed by atoms with Gasteiger partial charge >= 0.3 is 5.97 Å². The number of rotatable bonds is 6. The van der Waals surface area contributed by atoms with Gasteiger partial charge in [0.1, 0.15) is 6.04 Å². The summed E-state index contributed by atoms with van der Waals surface area (Å²) in [7, 11) is 0. The molecule has 0 aromatic carbocycles. The number of nitrogens with two attached hydrogens (primary N) is 1. The van der Waals surface area contributed by atoms with Gasteiger partial charge in [0.15, 0.2) is 0 Å². The van der Waals surface area contributed by atoms with E-state index in [4.69, 9.17) is 10.8 Å². The quantitative estimate of drug-likeness (QED) is 0.626. The van der Waals surface area contributed by atoms with Crippen LogP contribution in [0.25, 0.3) is 0 Å². The summed E-state index contributed by atoms with van der Waals surface area (Å²) < 4.78 is 12.2. The number of carbonyl (C=O) groups is 1. The molecular formula is C9H16FNO2. The van der Waals surface area contributed by atoms with Gasteiger partial charge in [0, 0.05) is 0 Å². The van der Waals surface area contributed by atoms with Crippen LogP contribution in [0.4, 0.5) is 4.39 Å². The highest BCUT2D eigenvalue weighted by Gasteiger charge is 2.09. The normalized spacial score (nSPS) is 14.2. The Morgan fingerprint density at radius 1 is 1.62 bits per heavy atom. The molecule has 1 atom stereocenters. The van der Waals surface area contributed by atoms with Crippen LogP contribution in [0, 0.1) is 0 Å². The first-order chi connectivity index (χ1) is 6.04. The topological polar surface area (TPSA) is 63.3 Å². The molecule has 0 aliphatic rings. The smallest absolute Gasteiger partial charge is 0.320 e. The molecule has 3 N–H and O–H groups in total. The van der Waals surface area contributed by atoms with E-state index in [-0.39, 0.29) is 5.83 Å². The molecule has 0 amide bonds. The predicted octanol–water partition coefficient (Wildman–Crippen LogP) is 1.83. The van der Waals surface area contributed by atoms with Gasteiger partial charge in [-0.2, -0.15) is 0 Å². The van der Waals surface area contributed by atoms with Gasteiger partial charge in [0.05, 0.1) is 5.83 Å². The molecule has 0 unspecified atom stereocenters. The Morgan fingerprint density at radius 2 is 2.23 bits per heavy atom. The minimum atomic E-state index is -0.975. The third-order valence-corrected chi connectivity index (χ3v) is 1.71. The second-order valence-corrected chi connectivity index (χ2v) is 3.02.